The van der Waals surface area contributed by atoms with E-state index in [1.807, 2.05) is 13.8 Å². The van der Waals surface area contributed by atoms with Crippen LogP contribution in [-0.2, 0) is 4.74 Å². The number of anilines is 1. The second-order valence-electron chi connectivity index (χ2n) is 4.67. The molecule has 5 heteroatoms. The Morgan fingerprint density at radius 1 is 1.50 bits per heavy atom. The molecule has 0 aliphatic heterocycles. The van der Waals surface area contributed by atoms with Crippen molar-refractivity contribution in [2.24, 2.45) is 0 Å². The van der Waals surface area contributed by atoms with E-state index in [0.29, 0.717) is 18.3 Å². The van der Waals surface area contributed by atoms with Gasteiger partial charge in [-0.15, -0.1) is 11.3 Å². The number of rotatable bonds is 4. The van der Waals surface area contributed by atoms with Crippen LogP contribution in [0.5, 0.6) is 0 Å². The number of thiazole rings is 1. The Balaban J connectivity index is 2.14. The predicted octanol–water partition coefficient (Wildman–Crippen LogP) is 3.01. The van der Waals surface area contributed by atoms with Crippen molar-refractivity contribution in [3.8, 4) is 0 Å². The molecule has 0 amide bonds. The summed E-state index contributed by atoms with van der Waals surface area (Å²) in [4.78, 5) is 19.3. The number of nitrogens with zero attached hydrogens (tertiary/aromatic N) is 2. The molecule has 0 radical (unpaired) electrons. The minimum Gasteiger partial charge on any atom is -0.461 e. The first-order valence-corrected chi connectivity index (χ1v) is 7.32. The zero-order chi connectivity index (χ0) is 13.1. The van der Waals surface area contributed by atoms with E-state index in [4.69, 9.17) is 4.74 Å². The van der Waals surface area contributed by atoms with E-state index >= 15 is 0 Å². The molecule has 0 atom stereocenters. The molecule has 18 heavy (non-hydrogen) atoms. The van der Waals surface area contributed by atoms with Crippen molar-refractivity contribution in [3.05, 3.63) is 10.6 Å². The maximum absolute atomic E-state index is 11.7. The Morgan fingerprint density at radius 3 is 2.78 bits per heavy atom. The number of aryl methyl sites for hydroxylation is 1. The fourth-order valence-electron chi connectivity index (χ4n) is 2.37. The average molecular weight is 268 g/mol. The number of esters is 1. The molecule has 1 aliphatic carbocycles. The molecule has 0 N–H and O–H groups in total. The number of ether oxygens (including phenoxy) is 1. The molecular weight excluding hydrogens is 248 g/mol. The number of hydrogen-bond acceptors (Lipinski definition) is 5. The smallest absolute Gasteiger partial charge is 0.358 e. The van der Waals surface area contributed by atoms with Crippen molar-refractivity contribution in [3.63, 3.8) is 0 Å². The number of hydrogen-bond donors (Lipinski definition) is 0. The molecule has 0 spiro atoms. The maximum Gasteiger partial charge on any atom is 0.358 e. The van der Waals surface area contributed by atoms with Gasteiger partial charge in [-0.3, -0.25) is 0 Å². The molecule has 2 rings (SSSR count). The first-order chi connectivity index (χ1) is 8.63. The average Bonchev–Trinajstić information content (AvgIpc) is 2.97. The van der Waals surface area contributed by atoms with Gasteiger partial charge < -0.3 is 9.64 Å². The summed E-state index contributed by atoms with van der Waals surface area (Å²) < 4.78 is 5.01. The van der Waals surface area contributed by atoms with Gasteiger partial charge in [-0.05, 0) is 26.7 Å². The molecule has 4 nitrogen and oxygen atoms in total. The fraction of sp³-hybridized carbons (Fsp3) is 0.692. The van der Waals surface area contributed by atoms with Crippen LogP contribution < -0.4 is 4.90 Å². The van der Waals surface area contributed by atoms with Gasteiger partial charge in [-0.1, -0.05) is 12.8 Å². The Morgan fingerprint density at radius 2 is 2.17 bits per heavy atom. The van der Waals surface area contributed by atoms with Crippen LogP contribution in [0.4, 0.5) is 5.13 Å². The lowest BCUT2D eigenvalue weighted by molar-refractivity contribution is 0.0519. The highest BCUT2D eigenvalue weighted by Gasteiger charge is 2.24. The van der Waals surface area contributed by atoms with Crippen LogP contribution in [0, 0.1) is 6.92 Å². The minimum atomic E-state index is -0.308. The lowest BCUT2D eigenvalue weighted by Crippen LogP contribution is -2.28. The third kappa shape index (κ3) is 2.66. The molecule has 1 aromatic heterocycles. The standard InChI is InChI=1S/C13H20N2O2S/c1-4-17-12(16)11-9(2)18-13(14-11)15(3)10-7-5-6-8-10/h10H,4-8H2,1-3H3. The van der Waals surface area contributed by atoms with E-state index in [1.54, 1.807) is 11.3 Å². The summed E-state index contributed by atoms with van der Waals surface area (Å²) >= 11 is 1.58. The number of aromatic nitrogens is 1. The van der Waals surface area contributed by atoms with E-state index in [1.165, 1.54) is 25.7 Å². The van der Waals surface area contributed by atoms with E-state index < -0.39 is 0 Å². The minimum absolute atomic E-state index is 0.308. The molecule has 1 fully saturated rings. The summed E-state index contributed by atoms with van der Waals surface area (Å²) in [7, 11) is 2.07. The van der Waals surface area contributed by atoms with Crippen molar-refractivity contribution in [2.75, 3.05) is 18.6 Å². The molecule has 0 bridgehead atoms. The van der Waals surface area contributed by atoms with Crippen LogP contribution in [0.3, 0.4) is 0 Å². The summed E-state index contributed by atoms with van der Waals surface area (Å²) in [6, 6.07) is 0.575. The van der Waals surface area contributed by atoms with Gasteiger partial charge in [0.25, 0.3) is 0 Å². The van der Waals surface area contributed by atoms with E-state index in [-0.39, 0.29) is 5.97 Å². The number of carbonyl (C=O) groups excluding carboxylic acids is 1. The van der Waals surface area contributed by atoms with Crippen LogP contribution in [0.15, 0.2) is 0 Å². The molecule has 0 unspecified atom stereocenters. The quantitative estimate of drug-likeness (QED) is 0.787. The van der Waals surface area contributed by atoms with Gasteiger partial charge in [-0.2, -0.15) is 0 Å². The molecule has 1 aromatic rings. The van der Waals surface area contributed by atoms with Crippen molar-refractivity contribution in [2.45, 2.75) is 45.6 Å². The van der Waals surface area contributed by atoms with Gasteiger partial charge in [0.15, 0.2) is 10.8 Å². The van der Waals surface area contributed by atoms with Gasteiger partial charge in [0.05, 0.1) is 6.61 Å². The van der Waals surface area contributed by atoms with Crippen LogP contribution in [0.1, 0.15) is 48.0 Å². The summed E-state index contributed by atoms with van der Waals surface area (Å²) in [6.07, 6.45) is 5.04. The molecule has 1 heterocycles. The highest BCUT2D eigenvalue weighted by molar-refractivity contribution is 7.15. The summed E-state index contributed by atoms with van der Waals surface area (Å²) in [6.45, 7) is 4.13. The monoisotopic (exact) mass is 268 g/mol. The van der Waals surface area contributed by atoms with Crippen molar-refractivity contribution < 1.29 is 9.53 Å². The highest BCUT2D eigenvalue weighted by Crippen LogP contribution is 2.31. The molecule has 1 saturated carbocycles. The SMILES string of the molecule is CCOC(=O)c1nc(N(C)C2CCCC2)sc1C. The Kier molecular flexibility index (Phi) is 4.22. The van der Waals surface area contributed by atoms with Crippen LogP contribution in [0.25, 0.3) is 0 Å². The molecule has 0 saturated heterocycles. The Bertz CT molecular complexity index is 425. The van der Waals surface area contributed by atoms with Gasteiger partial charge >= 0.3 is 5.97 Å². The van der Waals surface area contributed by atoms with Crippen LogP contribution >= 0.6 is 11.3 Å². The van der Waals surface area contributed by atoms with Crippen LogP contribution in [-0.4, -0.2) is 30.6 Å². The summed E-state index contributed by atoms with van der Waals surface area (Å²) in [5.41, 5.74) is 0.474. The van der Waals surface area contributed by atoms with E-state index in [9.17, 15) is 4.79 Å². The van der Waals surface area contributed by atoms with Crippen molar-refractivity contribution in [1.29, 1.82) is 0 Å². The third-order valence-corrected chi connectivity index (χ3v) is 4.49. The molecule has 0 aromatic carbocycles. The third-order valence-electron chi connectivity index (χ3n) is 3.43. The second-order valence-corrected chi connectivity index (χ2v) is 5.85. The first-order valence-electron chi connectivity index (χ1n) is 6.51. The van der Waals surface area contributed by atoms with E-state index in [0.717, 1.165) is 10.0 Å². The summed E-state index contributed by atoms with van der Waals surface area (Å²) in [5, 5.41) is 0.933. The molecule has 1 aliphatic rings. The van der Waals surface area contributed by atoms with Gasteiger partial charge in [0.1, 0.15) is 0 Å². The van der Waals surface area contributed by atoms with E-state index in [2.05, 4.69) is 16.9 Å². The van der Waals surface area contributed by atoms with Gasteiger partial charge in [0.2, 0.25) is 0 Å². The van der Waals surface area contributed by atoms with Crippen LogP contribution in [0.2, 0.25) is 0 Å². The Hall–Kier alpha value is -1.10. The van der Waals surface area contributed by atoms with Crippen molar-refractivity contribution >= 4 is 22.4 Å². The number of carbonyl (C=O) groups is 1. The largest absolute Gasteiger partial charge is 0.461 e. The zero-order valence-electron chi connectivity index (χ0n) is 11.2. The fourth-order valence-corrected chi connectivity index (χ4v) is 3.30. The van der Waals surface area contributed by atoms with Gasteiger partial charge in [0, 0.05) is 18.0 Å². The highest BCUT2D eigenvalue weighted by atomic mass is 32.1. The lowest BCUT2D eigenvalue weighted by atomic mass is 10.2. The first kappa shape index (κ1) is 13.3. The summed E-state index contributed by atoms with van der Waals surface area (Å²) in [5.74, 6) is -0.308. The maximum atomic E-state index is 11.7. The second kappa shape index (κ2) is 5.69. The van der Waals surface area contributed by atoms with Crippen molar-refractivity contribution in [1.82, 2.24) is 4.98 Å². The predicted molar refractivity (Wildman–Crippen MR) is 73.5 cm³/mol. The van der Waals surface area contributed by atoms with Gasteiger partial charge in [-0.25, -0.2) is 9.78 Å². The topological polar surface area (TPSA) is 42.4 Å². The molecule has 100 valence electrons. The zero-order valence-corrected chi connectivity index (χ0v) is 12.0. The normalized spacial score (nSPS) is 15.9. The Labute approximate surface area is 112 Å². The molecular formula is C13H20N2O2S. The lowest BCUT2D eigenvalue weighted by Gasteiger charge is -2.23.